The first-order valence-corrected chi connectivity index (χ1v) is 8.54. The van der Waals surface area contributed by atoms with Crippen LogP contribution in [0.1, 0.15) is 12.8 Å². The molecule has 2 saturated heterocycles. The zero-order valence-corrected chi connectivity index (χ0v) is 14.8. The number of hydrogen-bond donors (Lipinski definition) is 1. The molecule has 0 aromatic carbocycles. The summed E-state index contributed by atoms with van der Waals surface area (Å²) < 4.78 is 8.95. The Hall–Kier alpha value is 0.0200. The van der Waals surface area contributed by atoms with Gasteiger partial charge in [-0.1, -0.05) is 34.8 Å². The van der Waals surface area contributed by atoms with E-state index in [2.05, 4.69) is 10.2 Å². The summed E-state index contributed by atoms with van der Waals surface area (Å²) in [5.41, 5.74) is 0. The minimum absolute atomic E-state index is 0.0272. The van der Waals surface area contributed by atoms with Crippen LogP contribution in [0.25, 0.3) is 0 Å². The fourth-order valence-electron chi connectivity index (χ4n) is 2.56. The van der Waals surface area contributed by atoms with Crippen LogP contribution in [0, 0.1) is 0 Å². The number of carbonyl (C=O) groups is 1. The maximum atomic E-state index is 12.0. The molecule has 0 saturated carbocycles. The van der Waals surface area contributed by atoms with Crippen molar-refractivity contribution in [2.75, 3.05) is 46.4 Å². The predicted molar refractivity (Wildman–Crippen MR) is 86.6 cm³/mol. The van der Waals surface area contributed by atoms with Gasteiger partial charge < -0.3 is 19.7 Å². The Labute approximate surface area is 145 Å². The van der Waals surface area contributed by atoms with Gasteiger partial charge in [-0.3, -0.25) is 4.90 Å². The number of ether oxygens (including phenoxy) is 2. The normalized spacial score (nSPS) is 25.9. The molecule has 0 aromatic rings. The highest BCUT2D eigenvalue weighted by Gasteiger charge is 2.39. The molecule has 0 aromatic heterocycles. The maximum absolute atomic E-state index is 12.0. The summed E-state index contributed by atoms with van der Waals surface area (Å²) in [5.74, 6) is 0. The third kappa shape index (κ3) is 5.58. The molecule has 0 bridgehead atoms. The van der Waals surface area contributed by atoms with E-state index in [4.69, 9.17) is 44.3 Å². The molecule has 0 spiro atoms. The monoisotopic (exact) mass is 373 g/mol. The number of nitrogens with zero attached hydrogens (tertiary/aromatic N) is 2. The van der Waals surface area contributed by atoms with Crippen LogP contribution in [0.15, 0.2) is 0 Å². The Balaban J connectivity index is 1.84. The average molecular weight is 375 g/mol. The largest absolute Gasteiger partial charge is 0.447 e. The van der Waals surface area contributed by atoms with E-state index < -0.39 is 16.1 Å². The molecule has 9 heteroatoms. The van der Waals surface area contributed by atoms with Crippen molar-refractivity contribution < 1.29 is 14.3 Å². The lowest BCUT2D eigenvalue weighted by Crippen LogP contribution is -2.60. The van der Waals surface area contributed by atoms with Crippen molar-refractivity contribution in [2.45, 2.75) is 28.9 Å². The first-order chi connectivity index (χ1) is 10.4. The molecule has 128 valence electrons. The van der Waals surface area contributed by atoms with Crippen LogP contribution >= 0.6 is 34.8 Å². The topological polar surface area (TPSA) is 54.0 Å². The molecule has 2 fully saturated rings. The minimum Gasteiger partial charge on any atom is -0.447 e. The Morgan fingerprint density at radius 3 is 2.59 bits per heavy atom. The predicted octanol–water partition coefficient (Wildman–Crippen LogP) is 1.84. The molecule has 0 aliphatic carbocycles. The second-order valence-corrected chi connectivity index (χ2v) is 8.03. The standard InChI is InChI=1S/C13H22Cl3N3O3/c1-18-4-6-19(7-5-18)11(13(14,15)16)17-12(20)22-9-10-3-2-8-21-10/h10-11H,2-9H2,1H3,(H,17,20)/t10-,11-/m1/s1. The number of likely N-dealkylation sites (N-methyl/N-ethyl adjacent to an activating group) is 1. The molecule has 2 aliphatic heterocycles. The fourth-order valence-corrected chi connectivity index (χ4v) is 3.14. The molecule has 0 unspecified atom stereocenters. The first kappa shape index (κ1) is 18.4. The number of piperazine rings is 1. The van der Waals surface area contributed by atoms with Gasteiger partial charge in [0.1, 0.15) is 12.8 Å². The number of nitrogens with one attached hydrogen (secondary N) is 1. The maximum Gasteiger partial charge on any atom is 0.408 e. The second kappa shape index (κ2) is 8.22. The Bertz CT molecular complexity index is 367. The molecule has 1 N–H and O–H groups in total. The number of rotatable bonds is 4. The average Bonchev–Trinajstić information content (AvgIpc) is 2.96. The summed E-state index contributed by atoms with van der Waals surface area (Å²) in [6.45, 7) is 4.06. The van der Waals surface area contributed by atoms with Crippen molar-refractivity contribution >= 4 is 40.9 Å². The lowest BCUT2D eigenvalue weighted by Gasteiger charge is -2.40. The van der Waals surface area contributed by atoms with Crippen LogP contribution in [0.2, 0.25) is 0 Å². The van der Waals surface area contributed by atoms with Gasteiger partial charge in [0.2, 0.25) is 3.79 Å². The van der Waals surface area contributed by atoms with E-state index in [0.717, 1.165) is 25.9 Å². The second-order valence-electron chi connectivity index (χ2n) is 5.66. The molecule has 2 rings (SSSR count). The van der Waals surface area contributed by atoms with Crippen molar-refractivity contribution in [3.8, 4) is 0 Å². The van der Waals surface area contributed by atoms with Crippen LogP contribution in [0.5, 0.6) is 0 Å². The van der Waals surface area contributed by atoms with Crippen LogP contribution in [0.3, 0.4) is 0 Å². The van der Waals surface area contributed by atoms with Crippen LogP contribution in [0.4, 0.5) is 4.79 Å². The zero-order valence-electron chi connectivity index (χ0n) is 12.6. The molecule has 2 atom stereocenters. The Morgan fingerprint density at radius 2 is 2.05 bits per heavy atom. The number of amides is 1. The van der Waals surface area contributed by atoms with Crippen LogP contribution in [-0.2, 0) is 9.47 Å². The molecule has 22 heavy (non-hydrogen) atoms. The lowest BCUT2D eigenvalue weighted by atomic mass is 10.2. The number of halogens is 3. The highest BCUT2D eigenvalue weighted by atomic mass is 35.6. The van der Waals surface area contributed by atoms with Gasteiger partial charge >= 0.3 is 6.09 Å². The minimum atomic E-state index is -1.63. The first-order valence-electron chi connectivity index (χ1n) is 7.40. The van der Waals surface area contributed by atoms with Crippen LogP contribution in [-0.4, -0.2) is 78.4 Å². The summed E-state index contributed by atoms with van der Waals surface area (Å²) in [5, 5.41) is 2.66. The quantitative estimate of drug-likeness (QED) is 0.761. The van der Waals surface area contributed by atoms with Crippen molar-refractivity contribution in [1.29, 1.82) is 0 Å². The van der Waals surface area contributed by atoms with E-state index in [1.165, 1.54) is 0 Å². The summed E-state index contributed by atoms with van der Waals surface area (Å²) in [4.78, 5) is 16.1. The highest BCUT2D eigenvalue weighted by Crippen LogP contribution is 2.32. The van der Waals surface area contributed by atoms with E-state index in [1.54, 1.807) is 0 Å². The van der Waals surface area contributed by atoms with Gasteiger partial charge in [-0.25, -0.2) is 4.79 Å². The van der Waals surface area contributed by atoms with E-state index in [-0.39, 0.29) is 12.7 Å². The summed E-state index contributed by atoms with van der Waals surface area (Å²) >= 11 is 18.1. The molecular weight excluding hydrogens is 353 g/mol. The van der Waals surface area contributed by atoms with Gasteiger partial charge in [0.15, 0.2) is 0 Å². The van der Waals surface area contributed by atoms with E-state index >= 15 is 0 Å². The molecular formula is C13H22Cl3N3O3. The highest BCUT2D eigenvalue weighted by molar-refractivity contribution is 6.68. The molecule has 6 nitrogen and oxygen atoms in total. The number of carbonyl (C=O) groups excluding carboxylic acids is 1. The zero-order chi connectivity index (χ0) is 16.2. The molecule has 2 aliphatic rings. The molecule has 0 radical (unpaired) electrons. The van der Waals surface area contributed by atoms with Crippen molar-refractivity contribution in [2.24, 2.45) is 0 Å². The van der Waals surface area contributed by atoms with Crippen molar-refractivity contribution in [3.63, 3.8) is 0 Å². The van der Waals surface area contributed by atoms with Crippen molar-refractivity contribution in [1.82, 2.24) is 15.1 Å². The van der Waals surface area contributed by atoms with Gasteiger partial charge in [-0.15, -0.1) is 0 Å². The SMILES string of the molecule is CN1CCN([C@@H](NC(=O)OC[C@H]2CCCO2)C(Cl)(Cl)Cl)CC1. The third-order valence-electron chi connectivity index (χ3n) is 3.89. The third-order valence-corrected chi connectivity index (χ3v) is 4.51. The van der Waals surface area contributed by atoms with E-state index in [1.807, 2.05) is 11.9 Å². The van der Waals surface area contributed by atoms with E-state index in [0.29, 0.717) is 19.7 Å². The van der Waals surface area contributed by atoms with Gasteiger partial charge in [0, 0.05) is 32.8 Å². The van der Waals surface area contributed by atoms with Crippen molar-refractivity contribution in [3.05, 3.63) is 0 Å². The fraction of sp³-hybridized carbons (Fsp3) is 0.923. The lowest BCUT2D eigenvalue weighted by molar-refractivity contribution is 0.0359. The van der Waals surface area contributed by atoms with Crippen LogP contribution < -0.4 is 5.32 Å². The molecule has 2 heterocycles. The molecule has 1 amide bonds. The summed E-state index contributed by atoms with van der Waals surface area (Å²) in [7, 11) is 2.03. The summed E-state index contributed by atoms with van der Waals surface area (Å²) in [6.07, 6.45) is 0.558. The van der Waals surface area contributed by atoms with E-state index in [9.17, 15) is 4.79 Å². The summed E-state index contributed by atoms with van der Waals surface area (Å²) in [6, 6.07) is 0. The number of alkyl halides is 3. The van der Waals surface area contributed by atoms with Gasteiger partial charge in [0.05, 0.1) is 6.10 Å². The Morgan fingerprint density at radius 1 is 1.36 bits per heavy atom. The van der Waals surface area contributed by atoms with Gasteiger partial charge in [-0.05, 0) is 19.9 Å². The Kier molecular flexibility index (Phi) is 6.86. The smallest absolute Gasteiger partial charge is 0.408 e. The van der Waals surface area contributed by atoms with Gasteiger partial charge in [-0.2, -0.15) is 0 Å². The number of hydrogen-bond acceptors (Lipinski definition) is 5. The number of alkyl carbamates (subject to hydrolysis) is 1. The van der Waals surface area contributed by atoms with Gasteiger partial charge in [0.25, 0.3) is 0 Å².